The Morgan fingerprint density at radius 2 is 1.90 bits per heavy atom. The van der Waals surface area contributed by atoms with Crippen LogP contribution in [0.1, 0.15) is 33.1 Å². The minimum absolute atomic E-state index is 0.0700. The molecule has 1 aliphatic rings. The summed E-state index contributed by atoms with van der Waals surface area (Å²) >= 11 is 0. The molecule has 1 aromatic carbocycles. The first kappa shape index (κ1) is 21.3. The Morgan fingerprint density at radius 1 is 1.17 bits per heavy atom. The topological polar surface area (TPSA) is 79.7 Å². The second-order valence-corrected chi connectivity index (χ2v) is 7.31. The first-order valence-corrected chi connectivity index (χ1v) is 10.1. The fraction of sp³-hybridized carbons (Fsp3) is 0.524. The highest BCUT2D eigenvalue weighted by molar-refractivity contribution is 5.59. The molecule has 3 rings (SSSR count). The van der Waals surface area contributed by atoms with Crippen LogP contribution in [0.15, 0.2) is 30.5 Å². The molecule has 0 unspecified atom stereocenters. The molecule has 7 nitrogen and oxygen atoms in total. The van der Waals surface area contributed by atoms with Gasteiger partial charge < -0.3 is 24.8 Å². The number of benzene rings is 1. The molecule has 0 radical (unpaired) electrons. The number of halogens is 1. The second-order valence-electron chi connectivity index (χ2n) is 7.31. The second kappa shape index (κ2) is 10.4. The van der Waals surface area contributed by atoms with Gasteiger partial charge in [-0.25, -0.2) is 4.98 Å². The first-order chi connectivity index (χ1) is 14.0. The van der Waals surface area contributed by atoms with Crippen LogP contribution in [0.3, 0.4) is 0 Å². The molecule has 1 fully saturated rings. The number of aliphatic hydroxyl groups excluding tert-OH is 1. The molecule has 0 amide bonds. The summed E-state index contributed by atoms with van der Waals surface area (Å²) in [5.74, 6) is -0.388. The monoisotopic (exact) mass is 404 g/mol. The molecular formula is C21H29FN4O3. The van der Waals surface area contributed by atoms with Gasteiger partial charge in [0, 0.05) is 31.1 Å². The van der Waals surface area contributed by atoms with Crippen LogP contribution < -0.4 is 15.0 Å². The number of hydrogen-bond acceptors (Lipinski definition) is 7. The number of hydrogen-bond donors (Lipinski definition) is 2. The largest absolute Gasteiger partial charge is 0.475 e. The van der Waals surface area contributed by atoms with Gasteiger partial charge >= 0.3 is 0 Å². The summed E-state index contributed by atoms with van der Waals surface area (Å²) in [6.45, 7) is 6.37. The van der Waals surface area contributed by atoms with E-state index in [-0.39, 0.29) is 30.6 Å². The van der Waals surface area contributed by atoms with Crippen LogP contribution in [0.25, 0.3) is 0 Å². The van der Waals surface area contributed by atoms with Crippen molar-refractivity contribution in [2.45, 2.75) is 45.3 Å². The lowest BCUT2D eigenvalue weighted by atomic mass is 10.2. The van der Waals surface area contributed by atoms with Gasteiger partial charge in [-0.3, -0.25) is 0 Å². The number of nitrogens with zero attached hydrogens (tertiary/aromatic N) is 3. The van der Waals surface area contributed by atoms with Crippen molar-refractivity contribution in [1.29, 1.82) is 0 Å². The normalized spacial score (nSPS) is 19.2. The summed E-state index contributed by atoms with van der Waals surface area (Å²) in [7, 11) is 0. The van der Waals surface area contributed by atoms with Crippen molar-refractivity contribution in [1.82, 2.24) is 9.97 Å². The molecule has 0 aliphatic carbocycles. The fourth-order valence-electron chi connectivity index (χ4n) is 3.35. The molecule has 1 aliphatic heterocycles. The molecular weight excluding hydrogens is 375 g/mol. The predicted octanol–water partition coefficient (Wildman–Crippen LogP) is 3.51. The maximum Gasteiger partial charge on any atom is 0.255 e. The maximum atomic E-state index is 13.9. The van der Waals surface area contributed by atoms with Crippen molar-refractivity contribution < 1.29 is 19.0 Å². The number of aromatic nitrogens is 2. The Morgan fingerprint density at radius 3 is 2.59 bits per heavy atom. The molecule has 158 valence electrons. The number of nitrogens with one attached hydrogen (secondary N) is 1. The predicted molar refractivity (Wildman–Crippen MR) is 110 cm³/mol. The van der Waals surface area contributed by atoms with Crippen LogP contribution in [0.2, 0.25) is 0 Å². The van der Waals surface area contributed by atoms with Crippen molar-refractivity contribution in [3.8, 4) is 5.88 Å². The third-order valence-corrected chi connectivity index (χ3v) is 4.66. The van der Waals surface area contributed by atoms with Crippen molar-refractivity contribution in [2.24, 2.45) is 0 Å². The van der Waals surface area contributed by atoms with Gasteiger partial charge in [-0.05, 0) is 57.4 Å². The molecule has 2 aromatic rings. The van der Waals surface area contributed by atoms with E-state index in [2.05, 4.69) is 34.0 Å². The number of anilines is 3. The van der Waals surface area contributed by atoms with Gasteiger partial charge in [0.25, 0.3) is 5.88 Å². The summed E-state index contributed by atoms with van der Waals surface area (Å²) < 4.78 is 25.1. The molecule has 2 heterocycles. The standard InChI is InChI=1S/C21H29FN4O3/c1-15-13-26(14-16(2)29-15)18-8-6-17(7-9-18)24-21-23-12-19(22)20(25-21)28-11-5-3-4-10-27/h6-9,12,15-16,27H,3-5,10-11,13-14H2,1-2H3,(H,23,24,25)/t15-,16+. The lowest BCUT2D eigenvalue weighted by Gasteiger charge is -2.36. The Bertz CT molecular complexity index is 765. The number of ether oxygens (including phenoxy) is 2. The van der Waals surface area contributed by atoms with Gasteiger partial charge in [-0.1, -0.05) is 0 Å². The van der Waals surface area contributed by atoms with Gasteiger partial charge in [0.15, 0.2) is 0 Å². The van der Waals surface area contributed by atoms with E-state index in [1.165, 1.54) is 0 Å². The smallest absolute Gasteiger partial charge is 0.255 e. The molecule has 2 atom stereocenters. The van der Waals surface area contributed by atoms with Crippen LogP contribution >= 0.6 is 0 Å². The Labute approximate surface area is 170 Å². The molecule has 29 heavy (non-hydrogen) atoms. The average Bonchev–Trinajstić information content (AvgIpc) is 2.70. The van der Waals surface area contributed by atoms with Crippen LogP contribution in [-0.2, 0) is 4.74 Å². The highest BCUT2D eigenvalue weighted by atomic mass is 19.1. The third kappa shape index (κ3) is 6.27. The zero-order chi connectivity index (χ0) is 20.6. The van der Waals surface area contributed by atoms with Gasteiger partial charge in [-0.2, -0.15) is 9.37 Å². The molecule has 2 N–H and O–H groups in total. The lowest BCUT2D eigenvalue weighted by molar-refractivity contribution is -0.00521. The Hall–Kier alpha value is -2.45. The molecule has 1 saturated heterocycles. The number of rotatable bonds is 9. The summed E-state index contributed by atoms with van der Waals surface area (Å²) in [5.41, 5.74) is 1.94. The zero-order valence-electron chi connectivity index (χ0n) is 17.0. The maximum absolute atomic E-state index is 13.9. The Kier molecular flexibility index (Phi) is 7.60. The van der Waals surface area contributed by atoms with E-state index < -0.39 is 5.82 Å². The highest BCUT2D eigenvalue weighted by Crippen LogP contribution is 2.24. The summed E-state index contributed by atoms with van der Waals surface area (Å²) in [4.78, 5) is 10.4. The van der Waals surface area contributed by atoms with Gasteiger partial charge in [-0.15, -0.1) is 0 Å². The van der Waals surface area contributed by atoms with E-state index >= 15 is 0 Å². The molecule has 8 heteroatoms. The number of aliphatic hydroxyl groups is 1. The summed E-state index contributed by atoms with van der Waals surface area (Å²) in [6.07, 6.45) is 3.76. The fourth-order valence-corrected chi connectivity index (χ4v) is 3.35. The van der Waals surface area contributed by atoms with E-state index in [0.717, 1.165) is 43.5 Å². The highest BCUT2D eigenvalue weighted by Gasteiger charge is 2.22. The van der Waals surface area contributed by atoms with Crippen molar-refractivity contribution >= 4 is 17.3 Å². The van der Waals surface area contributed by atoms with Crippen LogP contribution in [0.4, 0.5) is 21.7 Å². The molecule has 1 aromatic heterocycles. The van der Waals surface area contributed by atoms with Crippen molar-refractivity contribution in [2.75, 3.05) is 36.5 Å². The van der Waals surface area contributed by atoms with E-state index in [0.29, 0.717) is 13.0 Å². The molecule has 0 saturated carbocycles. The van der Waals surface area contributed by atoms with E-state index in [9.17, 15) is 4.39 Å². The van der Waals surface area contributed by atoms with E-state index in [1.807, 2.05) is 24.3 Å². The van der Waals surface area contributed by atoms with Crippen LogP contribution in [0, 0.1) is 5.82 Å². The number of morpholine rings is 1. The number of unbranched alkanes of at least 4 members (excludes halogenated alkanes) is 2. The molecule has 0 spiro atoms. The average molecular weight is 404 g/mol. The third-order valence-electron chi connectivity index (χ3n) is 4.66. The first-order valence-electron chi connectivity index (χ1n) is 10.1. The molecule has 0 bridgehead atoms. The quantitative estimate of drug-likeness (QED) is 0.619. The minimum Gasteiger partial charge on any atom is -0.475 e. The van der Waals surface area contributed by atoms with Crippen molar-refractivity contribution in [3.63, 3.8) is 0 Å². The summed E-state index contributed by atoms with van der Waals surface area (Å²) in [6, 6.07) is 7.97. The SMILES string of the molecule is C[C@@H]1CN(c2ccc(Nc3ncc(F)c(OCCCCCO)n3)cc2)C[C@H](C)O1. The van der Waals surface area contributed by atoms with Crippen molar-refractivity contribution in [3.05, 3.63) is 36.3 Å². The van der Waals surface area contributed by atoms with E-state index in [4.69, 9.17) is 14.6 Å². The zero-order valence-corrected chi connectivity index (χ0v) is 17.0. The van der Waals surface area contributed by atoms with Gasteiger partial charge in [0.2, 0.25) is 11.8 Å². The van der Waals surface area contributed by atoms with E-state index in [1.54, 1.807) is 0 Å². The van der Waals surface area contributed by atoms with Crippen LogP contribution in [0.5, 0.6) is 5.88 Å². The Balaban J connectivity index is 1.59. The van der Waals surface area contributed by atoms with Gasteiger partial charge in [0.05, 0.1) is 25.0 Å². The van der Waals surface area contributed by atoms with Gasteiger partial charge in [0.1, 0.15) is 0 Å². The minimum atomic E-state index is -0.594. The lowest BCUT2D eigenvalue weighted by Crippen LogP contribution is -2.45. The summed E-state index contributed by atoms with van der Waals surface area (Å²) in [5, 5.41) is 11.9. The van der Waals surface area contributed by atoms with Crippen LogP contribution in [-0.4, -0.2) is 53.6 Å².